The van der Waals surface area contributed by atoms with E-state index in [0.717, 1.165) is 18.4 Å². The first kappa shape index (κ1) is 14.8. The van der Waals surface area contributed by atoms with Gasteiger partial charge in [0.05, 0.1) is 0 Å². The van der Waals surface area contributed by atoms with Gasteiger partial charge in [0.25, 0.3) is 0 Å². The van der Waals surface area contributed by atoms with E-state index in [4.69, 9.17) is 15.6 Å². The fourth-order valence-corrected chi connectivity index (χ4v) is 2.55. The summed E-state index contributed by atoms with van der Waals surface area (Å²) in [6.45, 7) is 1.43. The zero-order chi connectivity index (χ0) is 14.4. The summed E-state index contributed by atoms with van der Waals surface area (Å²) in [5, 5.41) is 9.05. The molecule has 0 aliphatic carbocycles. The minimum Gasteiger partial charge on any atom is -0.445 e. The molecule has 1 atom stereocenters. The minimum absolute atomic E-state index is 0.0450. The average molecular weight is 278 g/mol. The zero-order valence-electron chi connectivity index (χ0n) is 11.6. The maximum Gasteiger partial charge on any atom is 0.410 e. The summed E-state index contributed by atoms with van der Waals surface area (Å²) in [7, 11) is 0. The van der Waals surface area contributed by atoms with Gasteiger partial charge in [-0.3, -0.25) is 0 Å². The van der Waals surface area contributed by atoms with Crippen molar-refractivity contribution in [1.29, 1.82) is 0 Å². The lowest BCUT2D eigenvalue weighted by Crippen LogP contribution is -2.56. The predicted octanol–water partition coefficient (Wildman–Crippen LogP) is 1.50. The van der Waals surface area contributed by atoms with E-state index in [1.165, 1.54) is 0 Å². The Morgan fingerprint density at radius 1 is 1.40 bits per heavy atom. The number of likely N-dealkylation sites (tertiary alicyclic amines) is 1. The molecule has 1 aliphatic rings. The lowest BCUT2D eigenvalue weighted by molar-refractivity contribution is 0.0676. The summed E-state index contributed by atoms with van der Waals surface area (Å²) in [6, 6.07) is 9.59. The zero-order valence-corrected chi connectivity index (χ0v) is 11.6. The van der Waals surface area contributed by atoms with Gasteiger partial charge < -0.3 is 20.5 Å². The van der Waals surface area contributed by atoms with Crippen molar-refractivity contribution in [3.05, 3.63) is 35.9 Å². The first-order valence-electron chi connectivity index (χ1n) is 6.98. The molecule has 0 bridgehead atoms. The Kier molecular flexibility index (Phi) is 4.98. The van der Waals surface area contributed by atoms with E-state index in [-0.39, 0.29) is 19.3 Å². The summed E-state index contributed by atoms with van der Waals surface area (Å²) in [6.07, 6.45) is 1.85. The summed E-state index contributed by atoms with van der Waals surface area (Å²) in [4.78, 5) is 13.7. The number of hydrogen-bond donors (Lipinski definition) is 2. The quantitative estimate of drug-likeness (QED) is 0.875. The number of aliphatic hydroxyl groups excluding tert-OH is 1. The van der Waals surface area contributed by atoms with E-state index in [0.29, 0.717) is 19.5 Å². The number of hydrogen-bond acceptors (Lipinski definition) is 4. The molecule has 1 aromatic rings. The molecule has 1 unspecified atom stereocenters. The summed E-state index contributed by atoms with van der Waals surface area (Å²) in [5.74, 6) is 0. The van der Waals surface area contributed by atoms with Gasteiger partial charge in [-0.1, -0.05) is 30.3 Å². The van der Waals surface area contributed by atoms with E-state index < -0.39 is 5.54 Å². The van der Waals surface area contributed by atoms with Crippen LogP contribution in [-0.2, 0) is 11.3 Å². The Bertz CT molecular complexity index is 434. The van der Waals surface area contributed by atoms with Crippen molar-refractivity contribution >= 4 is 6.09 Å². The number of piperidine rings is 1. The van der Waals surface area contributed by atoms with Gasteiger partial charge in [-0.2, -0.15) is 0 Å². The number of ether oxygens (including phenoxy) is 1. The van der Waals surface area contributed by atoms with Gasteiger partial charge in [-0.05, 0) is 24.8 Å². The Morgan fingerprint density at radius 3 is 2.85 bits per heavy atom. The SMILES string of the molecule is NC1(CCO)CCCN(C(=O)OCc2ccccc2)C1. The third-order valence-corrected chi connectivity index (χ3v) is 3.68. The average Bonchev–Trinajstić information content (AvgIpc) is 2.46. The molecule has 3 N–H and O–H groups in total. The highest BCUT2D eigenvalue weighted by atomic mass is 16.6. The van der Waals surface area contributed by atoms with Crippen LogP contribution in [0, 0.1) is 0 Å². The van der Waals surface area contributed by atoms with Crippen molar-refractivity contribution in [3.63, 3.8) is 0 Å². The molecule has 5 nitrogen and oxygen atoms in total. The number of carbonyl (C=O) groups is 1. The largest absolute Gasteiger partial charge is 0.445 e. The Hall–Kier alpha value is -1.59. The third kappa shape index (κ3) is 3.95. The van der Waals surface area contributed by atoms with Gasteiger partial charge in [0.1, 0.15) is 6.61 Å². The second kappa shape index (κ2) is 6.72. The van der Waals surface area contributed by atoms with E-state index in [2.05, 4.69) is 0 Å². The van der Waals surface area contributed by atoms with Gasteiger partial charge >= 0.3 is 6.09 Å². The van der Waals surface area contributed by atoms with Crippen LogP contribution in [0.15, 0.2) is 30.3 Å². The number of carbonyl (C=O) groups excluding carboxylic acids is 1. The van der Waals surface area contributed by atoms with Crippen molar-refractivity contribution in [1.82, 2.24) is 4.90 Å². The summed E-state index contributed by atoms with van der Waals surface area (Å²) < 4.78 is 5.31. The number of aliphatic hydroxyl groups is 1. The molecule has 1 fully saturated rings. The number of nitrogens with zero attached hydrogens (tertiary/aromatic N) is 1. The third-order valence-electron chi connectivity index (χ3n) is 3.68. The minimum atomic E-state index is -0.487. The van der Waals surface area contributed by atoms with Gasteiger partial charge in [-0.15, -0.1) is 0 Å². The Balaban J connectivity index is 1.86. The Morgan fingerprint density at radius 2 is 2.15 bits per heavy atom. The normalized spacial score (nSPS) is 22.6. The Labute approximate surface area is 119 Å². The number of amides is 1. The van der Waals surface area contributed by atoms with Crippen LogP contribution in [0.5, 0.6) is 0 Å². The van der Waals surface area contributed by atoms with Crippen LogP contribution in [0.3, 0.4) is 0 Å². The van der Waals surface area contributed by atoms with Crippen LogP contribution >= 0.6 is 0 Å². The van der Waals surface area contributed by atoms with Crippen molar-refractivity contribution in [3.8, 4) is 0 Å². The van der Waals surface area contributed by atoms with Crippen LogP contribution in [-0.4, -0.2) is 41.3 Å². The predicted molar refractivity (Wildman–Crippen MR) is 76.1 cm³/mol. The smallest absolute Gasteiger partial charge is 0.410 e. The molecule has 1 saturated heterocycles. The summed E-state index contributed by atoms with van der Waals surface area (Å²) >= 11 is 0. The summed E-state index contributed by atoms with van der Waals surface area (Å²) in [5.41, 5.74) is 6.67. The van der Waals surface area contributed by atoms with Gasteiger partial charge in [0.15, 0.2) is 0 Å². The van der Waals surface area contributed by atoms with Gasteiger partial charge in [0.2, 0.25) is 0 Å². The molecular formula is C15H22N2O3. The van der Waals surface area contributed by atoms with E-state index in [9.17, 15) is 4.79 Å². The molecule has 0 aromatic heterocycles. The number of benzene rings is 1. The molecule has 20 heavy (non-hydrogen) atoms. The fourth-order valence-electron chi connectivity index (χ4n) is 2.55. The van der Waals surface area contributed by atoms with Crippen LogP contribution in [0.2, 0.25) is 0 Å². The van der Waals surface area contributed by atoms with Gasteiger partial charge in [0, 0.05) is 25.2 Å². The van der Waals surface area contributed by atoms with E-state index >= 15 is 0 Å². The molecule has 2 rings (SSSR count). The van der Waals surface area contributed by atoms with Crippen LogP contribution in [0.4, 0.5) is 4.79 Å². The van der Waals surface area contributed by atoms with Crippen molar-refractivity contribution in [2.24, 2.45) is 5.73 Å². The standard InChI is InChI=1S/C15H22N2O3/c16-15(8-10-18)7-4-9-17(12-15)14(19)20-11-13-5-2-1-3-6-13/h1-3,5-6,18H,4,7-12,16H2. The molecule has 1 heterocycles. The first-order chi connectivity index (χ1) is 9.63. The molecule has 110 valence electrons. The highest BCUT2D eigenvalue weighted by Gasteiger charge is 2.33. The maximum absolute atomic E-state index is 12.0. The highest BCUT2D eigenvalue weighted by molar-refractivity contribution is 5.68. The second-order valence-electron chi connectivity index (χ2n) is 5.40. The topological polar surface area (TPSA) is 75.8 Å². The number of rotatable bonds is 4. The fraction of sp³-hybridized carbons (Fsp3) is 0.533. The molecule has 1 amide bonds. The molecule has 1 aromatic carbocycles. The monoisotopic (exact) mass is 278 g/mol. The lowest BCUT2D eigenvalue weighted by atomic mass is 9.87. The highest BCUT2D eigenvalue weighted by Crippen LogP contribution is 2.22. The van der Waals surface area contributed by atoms with Crippen LogP contribution in [0.1, 0.15) is 24.8 Å². The van der Waals surface area contributed by atoms with E-state index in [1.807, 2.05) is 30.3 Å². The lowest BCUT2D eigenvalue weighted by Gasteiger charge is -2.39. The van der Waals surface area contributed by atoms with Crippen molar-refractivity contribution in [2.45, 2.75) is 31.4 Å². The van der Waals surface area contributed by atoms with Crippen molar-refractivity contribution in [2.75, 3.05) is 19.7 Å². The molecule has 0 radical (unpaired) electrons. The van der Waals surface area contributed by atoms with Crippen LogP contribution < -0.4 is 5.73 Å². The molecule has 0 spiro atoms. The number of nitrogens with two attached hydrogens (primary N) is 1. The molecular weight excluding hydrogens is 256 g/mol. The maximum atomic E-state index is 12.0. The van der Waals surface area contributed by atoms with E-state index in [1.54, 1.807) is 4.90 Å². The first-order valence-corrected chi connectivity index (χ1v) is 6.98. The molecule has 5 heteroatoms. The van der Waals surface area contributed by atoms with Crippen molar-refractivity contribution < 1.29 is 14.6 Å². The van der Waals surface area contributed by atoms with Crippen LogP contribution in [0.25, 0.3) is 0 Å². The molecule has 1 aliphatic heterocycles. The molecule has 0 saturated carbocycles. The van der Waals surface area contributed by atoms with Gasteiger partial charge in [-0.25, -0.2) is 4.79 Å². The second-order valence-corrected chi connectivity index (χ2v) is 5.40.